The fourth-order valence-corrected chi connectivity index (χ4v) is 2.89. The number of aryl methyl sites for hydroxylation is 1. The number of aromatic nitrogens is 3. The maximum absolute atomic E-state index is 12.9. The van der Waals surface area contributed by atoms with E-state index in [0.29, 0.717) is 10.7 Å². The molecule has 1 N–H and O–H groups in total. The van der Waals surface area contributed by atoms with E-state index in [-0.39, 0.29) is 17.9 Å². The molecule has 2 heterocycles. The van der Waals surface area contributed by atoms with Crippen LogP contribution in [0.4, 0.5) is 0 Å². The number of nitrogens with one attached hydrogen (secondary N) is 1. The van der Waals surface area contributed by atoms with Gasteiger partial charge < -0.3 is 5.32 Å². The van der Waals surface area contributed by atoms with Crippen LogP contribution in [0, 0.1) is 0 Å². The van der Waals surface area contributed by atoms with Gasteiger partial charge in [0.15, 0.2) is 0 Å². The van der Waals surface area contributed by atoms with Crippen LogP contribution in [-0.2, 0) is 7.05 Å². The minimum absolute atomic E-state index is 0.177. The molecule has 26 heavy (non-hydrogen) atoms. The van der Waals surface area contributed by atoms with Gasteiger partial charge in [0.25, 0.3) is 5.91 Å². The molecule has 6 heteroatoms. The Morgan fingerprint density at radius 3 is 2.27 bits per heavy atom. The lowest BCUT2D eigenvalue weighted by molar-refractivity contribution is 0.0933. The Labute approximate surface area is 158 Å². The summed E-state index contributed by atoms with van der Waals surface area (Å²) < 4.78 is 1.62. The molecule has 5 nitrogen and oxygen atoms in total. The lowest BCUT2D eigenvalue weighted by atomic mass is 9.99. The first-order valence-corrected chi connectivity index (χ1v) is 8.83. The number of halogens is 1. The molecule has 0 spiro atoms. The van der Waals surface area contributed by atoms with Crippen molar-refractivity contribution in [3.05, 3.63) is 82.4 Å². The Bertz CT molecular complexity index is 888. The van der Waals surface area contributed by atoms with Crippen LogP contribution in [0.25, 0.3) is 0 Å². The Morgan fingerprint density at radius 2 is 1.69 bits per heavy atom. The van der Waals surface area contributed by atoms with E-state index in [1.807, 2.05) is 42.5 Å². The smallest absolute Gasteiger partial charge is 0.270 e. The summed E-state index contributed by atoms with van der Waals surface area (Å²) in [4.78, 5) is 17.0. The normalized spacial score (nSPS) is 12.2. The van der Waals surface area contributed by atoms with Crippen molar-refractivity contribution < 1.29 is 4.79 Å². The topological polar surface area (TPSA) is 59.8 Å². The van der Waals surface area contributed by atoms with Crippen molar-refractivity contribution in [2.45, 2.75) is 25.8 Å². The molecule has 0 aliphatic heterocycles. The van der Waals surface area contributed by atoms with Crippen LogP contribution in [0.15, 0.2) is 54.9 Å². The van der Waals surface area contributed by atoms with Crippen molar-refractivity contribution >= 4 is 17.5 Å². The molecule has 3 rings (SSSR count). The van der Waals surface area contributed by atoms with Gasteiger partial charge in [-0.15, -0.1) is 0 Å². The number of benzene rings is 1. The molecule has 0 bridgehead atoms. The summed E-state index contributed by atoms with van der Waals surface area (Å²) in [5.41, 5.74) is 3.31. The number of nitrogens with zero attached hydrogens (tertiary/aromatic N) is 3. The zero-order valence-electron chi connectivity index (χ0n) is 15.0. The fourth-order valence-electron chi connectivity index (χ4n) is 2.76. The van der Waals surface area contributed by atoms with Crippen LogP contribution in [0.5, 0.6) is 0 Å². The second-order valence-corrected chi connectivity index (χ2v) is 6.91. The molecule has 1 unspecified atom stereocenters. The van der Waals surface area contributed by atoms with Gasteiger partial charge in [-0.25, -0.2) is 0 Å². The summed E-state index contributed by atoms with van der Waals surface area (Å²) in [6, 6.07) is 12.8. The summed E-state index contributed by atoms with van der Waals surface area (Å²) in [5.74, 6) is 0.0821. The summed E-state index contributed by atoms with van der Waals surface area (Å²) in [6.07, 6.45) is 3.43. The van der Waals surface area contributed by atoms with Gasteiger partial charge in [-0.05, 0) is 47.4 Å². The molecule has 2 aromatic heterocycles. The third-order valence-corrected chi connectivity index (χ3v) is 4.49. The number of carbonyl (C=O) groups excluding carboxylic acids is 1. The van der Waals surface area contributed by atoms with Gasteiger partial charge in [0.2, 0.25) is 0 Å². The van der Waals surface area contributed by atoms with E-state index >= 15 is 0 Å². The molecule has 3 aromatic rings. The van der Waals surface area contributed by atoms with Gasteiger partial charge in [-0.2, -0.15) is 5.10 Å². The largest absolute Gasteiger partial charge is 0.340 e. The summed E-state index contributed by atoms with van der Waals surface area (Å²) in [5, 5.41) is 8.19. The molecule has 1 atom stereocenters. The molecule has 1 amide bonds. The predicted octanol–water partition coefficient (Wildman–Crippen LogP) is 4.11. The minimum atomic E-state index is -0.305. The highest BCUT2D eigenvalue weighted by molar-refractivity contribution is 6.30. The quantitative estimate of drug-likeness (QED) is 0.737. The number of carbonyl (C=O) groups is 1. The minimum Gasteiger partial charge on any atom is -0.340 e. The molecule has 0 fully saturated rings. The van der Waals surface area contributed by atoms with Crippen LogP contribution in [0.2, 0.25) is 5.02 Å². The van der Waals surface area contributed by atoms with Crippen molar-refractivity contribution in [3.8, 4) is 0 Å². The zero-order chi connectivity index (χ0) is 18.7. The van der Waals surface area contributed by atoms with Gasteiger partial charge in [0.1, 0.15) is 5.69 Å². The Morgan fingerprint density at radius 1 is 1.08 bits per heavy atom. The molecular formula is C20H21ClN4O. The standard InChI is InChI=1S/C20H21ClN4O/c1-13(2)17-12-18(25(3)24-17)20(26)23-19(15-8-10-22-11-9-15)14-4-6-16(21)7-5-14/h4-13,19H,1-3H3,(H,23,26). The Balaban J connectivity index is 1.93. The maximum Gasteiger partial charge on any atom is 0.270 e. The van der Waals surface area contributed by atoms with Crippen LogP contribution >= 0.6 is 11.6 Å². The van der Waals surface area contributed by atoms with E-state index in [2.05, 4.69) is 29.2 Å². The van der Waals surface area contributed by atoms with Crippen molar-refractivity contribution in [2.24, 2.45) is 7.05 Å². The lowest BCUT2D eigenvalue weighted by Crippen LogP contribution is -2.30. The van der Waals surface area contributed by atoms with Crippen molar-refractivity contribution in [2.75, 3.05) is 0 Å². The van der Waals surface area contributed by atoms with Gasteiger partial charge in [-0.3, -0.25) is 14.5 Å². The average molecular weight is 369 g/mol. The number of hydrogen-bond donors (Lipinski definition) is 1. The van der Waals surface area contributed by atoms with E-state index in [1.165, 1.54) is 0 Å². The second-order valence-electron chi connectivity index (χ2n) is 6.47. The van der Waals surface area contributed by atoms with Crippen LogP contribution in [-0.4, -0.2) is 20.7 Å². The first-order valence-electron chi connectivity index (χ1n) is 8.46. The average Bonchev–Trinajstić information content (AvgIpc) is 3.03. The highest BCUT2D eigenvalue weighted by Crippen LogP contribution is 2.24. The number of pyridine rings is 1. The van der Waals surface area contributed by atoms with Crippen LogP contribution in [0.1, 0.15) is 53.1 Å². The van der Waals surface area contributed by atoms with Crippen molar-refractivity contribution in [1.82, 2.24) is 20.1 Å². The Hall–Kier alpha value is -2.66. The van der Waals surface area contributed by atoms with E-state index < -0.39 is 0 Å². The maximum atomic E-state index is 12.9. The van der Waals surface area contributed by atoms with E-state index in [9.17, 15) is 4.79 Å². The summed E-state index contributed by atoms with van der Waals surface area (Å²) in [6.45, 7) is 4.11. The van der Waals surface area contributed by atoms with Crippen molar-refractivity contribution in [1.29, 1.82) is 0 Å². The summed E-state index contributed by atoms with van der Waals surface area (Å²) in [7, 11) is 1.78. The van der Waals surface area contributed by atoms with Gasteiger partial charge in [-0.1, -0.05) is 37.6 Å². The number of rotatable bonds is 5. The van der Waals surface area contributed by atoms with Crippen LogP contribution in [0.3, 0.4) is 0 Å². The van der Waals surface area contributed by atoms with Crippen LogP contribution < -0.4 is 5.32 Å². The Kier molecular flexibility index (Phi) is 5.38. The third-order valence-electron chi connectivity index (χ3n) is 4.24. The molecule has 0 saturated carbocycles. The molecule has 0 saturated heterocycles. The van der Waals surface area contributed by atoms with E-state index in [0.717, 1.165) is 16.8 Å². The highest BCUT2D eigenvalue weighted by Gasteiger charge is 2.21. The van der Waals surface area contributed by atoms with Gasteiger partial charge >= 0.3 is 0 Å². The SMILES string of the molecule is CC(C)c1cc(C(=O)NC(c2ccncc2)c2ccc(Cl)cc2)n(C)n1. The van der Waals surface area contributed by atoms with E-state index in [1.54, 1.807) is 24.1 Å². The second kappa shape index (κ2) is 7.70. The first kappa shape index (κ1) is 18.1. The summed E-state index contributed by atoms with van der Waals surface area (Å²) >= 11 is 6.01. The van der Waals surface area contributed by atoms with Crippen molar-refractivity contribution in [3.63, 3.8) is 0 Å². The van der Waals surface area contributed by atoms with Gasteiger partial charge in [0.05, 0.1) is 11.7 Å². The molecule has 0 radical (unpaired) electrons. The van der Waals surface area contributed by atoms with E-state index in [4.69, 9.17) is 11.6 Å². The van der Waals surface area contributed by atoms with Gasteiger partial charge in [0, 0.05) is 24.5 Å². The molecule has 134 valence electrons. The highest BCUT2D eigenvalue weighted by atomic mass is 35.5. The lowest BCUT2D eigenvalue weighted by Gasteiger charge is -2.20. The third kappa shape index (κ3) is 3.94. The zero-order valence-corrected chi connectivity index (χ0v) is 15.7. The molecular weight excluding hydrogens is 348 g/mol. The fraction of sp³-hybridized carbons (Fsp3) is 0.250. The monoisotopic (exact) mass is 368 g/mol. The number of amides is 1. The molecule has 0 aliphatic rings. The molecule has 0 aliphatic carbocycles. The number of hydrogen-bond acceptors (Lipinski definition) is 3. The predicted molar refractivity (Wildman–Crippen MR) is 102 cm³/mol. The first-order chi connectivity index (χ1) is 12.5. The molecule has 1 aromatic carbocycles.